The van der Waals surface area contributed by atoms with E-state index in [2.05, 4.69) is 15.0 Å². The van der Waals surface area contributed by atoms with Crippen molar-refractivity contribution in [3.05, 3.63) is 48.3 Å². The number of amides is 1. The summed E-state index contributed by atoms with van der Waals surface area (Å²) >= 11 is 0. The third-order valence-corrected chi connectivity index (χ3v) is 4.78. The van der Waals surface area contributed by atoms with Gasteiger partial charge < -0.3 is 10.1 Å². The highest BCUT2D eigenvalue weighted by molar-refractivity contribution is 7.89. The molecule has 8 heteroatoms. The third-order valence-electron chi connectivity index (χ3n) is 3.38. The Morgan fingerprint density at radius 1 is 1.35 bits per heavy atom. The van der Waals surface area contributed by atoms with E-state index in [0.717, 1.165) is 5.56 Å². The number of anilines is 1. The summed E-state index contributed by atoms with van der Waals surface area (Å²) in [5.41, 5.74) is 1.09. The maximum Gasteiger partial charge on any atom is 0.265 e. The van der Waals surface area contributed by atoms with Gasteiger partial charge in [-0.25, -0.2) is 13.1 Å². The highest BCUT2D eigenvalue weighted by atomic mass is 32.2. The summed E-state index contributed by atoms with van der Waals surface area (Å²) in [6.45, 7) is 1.76. The molecule has 7 nitrogen and oxygen atoms in total. The van der Waals surface area contributed by atoms with Crippen molar-refractivity contribution in [1.29, 1.82) is 0 Å². The zero-order valence-electron chi connectivity index (χ0n) is 12.3. The molecule has 3 rings (SSSR count). The van der Waals surface area contributed by atoms with E-state index in [1.807, 2.05) is 0 Å². The van der Waals surface area contributed by atoms with Crippen molar-refractivity contribution in [2.75, 3.05) is 5.32 Å². The van der Waals surface area contributed by atoms with Crippen LogP contribution in [0.5, 0.6) is 5.75 Å². The number of pyridine rings is 1. The Morgan fingerprint density at radius 2 is 2.17 bits per heavy atom. The lowest BCUT2D eigenvalue weighted by Gasteiger charge is -2.23. The number of nitrogens with zero attached hydrogens (tertiary/aromatic N) is 1. The molecule has 1 aromatic heterocycles. The number of hydrogen-bond acceptors (Lipinski definition) is 5. The molecule has 2 heterocycles. The lowest BCUT2D eigenvalue weighted by Crippen LogP contribution is -2.34. The molecule has 0 spiro atoms. The Balaban J connectivity index is 1.81. The van der Waals surface area contributed by atoms with Gasteiger partial charge in [-0.1, -0.05) is 6.07 Å². The normalized spacial score (nSPS) is 17.1. The molecule has 23 heavy (non-hydrogen) atoms. The lowest BCUT2D eigenvalue weighted by atomic mass is 10.2. The van der Waals surface area contributed by atoms with Crippen molar-refractivity contribution < 1.29 is 17.9 Å². The molecule has 120 valence electrons. The fourth-order valence-electron chi connectivity index (χ4n) is 2.12. The highest BCUT2D eigenvalue weighted by Crippen LogP contribution is 2.31. The number of fused-ring (bicyclic) bond motifs is 1. The van der Waals surface area contributed by atoms with Gasteiger partial charge in [-0.05, 0) is 36.8 Å². The molecule has 0 bridgehead atoms. The van der Waals surface area contributed by atoms with Gasteiger partial charge >= 0.3 is 0 Å². The maximum atomic E-state index is 12.4. The minimum absolute atomic E-state index is 0.0543. The first-order chi connectivity index (χ1) is 11.0. The fourth-order valence-corrected chi connectivity index (χ4v) is 3.16. The van der Waals surface area contributed by atoms with Gasteiger partial charge in [-0.15, -0.1) is 0 Å². The van der Waals surface area contributed by atoms with E-state index in [1.165, 1.54) is 18.2 Å². The lowest BCUT2D eigenvalue weighted by molar-refractivity contribution is -0.122. The second-order valence-electron chi connectivity index (χ2n) is 5.09. The van der Waals surface area contributed by atoms with Crippen LogP contribution in [-0.4, -0.2) is 25.4 Å². The van der Waals surface area contributed by atoms with Crippen LogP contribution in [0.2, 0.25) is 0 Å². The van der Waals surface area contributed by atoms with E-state index in [4.69, 9.17) is 4.74 Å². The molecule has 2 aromatic rings. The van der Waals surface area contributed by atoms with E-state index < -0.39 is 16.1 Å². The summed E-state index contributed by atoms with van der Waals surface area (Å²) in [4.78, 5) is 15.6. The van der Waals surface area contributed by atoms with Gasteiger partial charge in [0.1, 0.15) is 5.75 Å². The molecule has 1 aliphatic rings. The first-order valence-corrected chi connectivity index (χ1v) is 8.44. The van der Waals surface area contributed by atoms with Crippen molar-refractivity contribution in [3.8, 4) is 5.75 Å². The van der Waals surface area contributed by atoms with E-state index in [1.54, 1.807) is 31.5 Å². The first kappa shape index (κ1) is 15.4. The third kappa shape index (κ3) is 3.33. The summed E-state index contributed by atoms with van der Waals surface area (Å²) in [6, 6.07) is 7.86. The topological polar surface area (TPSA) is 97.4 Å². The molecule has 0 aliphatic carbocycles. The molecule has 0 saturated heterocycles. The van der Waals surface area contributed by atoms with Crippen LogP contribution in [0.4, 0.5) is 5.69 Å². The second-order valence-corrected chi connectivity index (χ2v) is 6.86. The number of rotatable bonds is 4. The number of nitrogens with one attached hydrogen (secondary N) is 2. The zero-order chi connectivity index (χ0) is 16.4. The quantitative estimate of drug-likeness (QED) is 0.878. The molecule has 1 amide bonds. The van der Waals surface area contributed by atoms with Crippen molar-refractivity contribution in [1.82, 2.24) is 9.71 Å². The van der Waals surface area contributed by atoms with E-state index in [0.29, 0.717) is 11.4 Å². The first-order valence-electron chi connectivity index (χ1n) is 6.96. The maximum absolute atomic E-state index is 12.4. The molecular weight excluding hydrogens is 318 g/mol. The van der Waals surface area contributed by atoms with Gasteiger partial charge in [0.05, 0.1) is 10.6 Å². The summed E-state index contributed by atoms with van der Waals surface area (Å²) in [6.07, 6.45) is 2.60. The predicted molar refractivity (Wildman–Crippen MR) is 83.4 cm³/mol. The van der Waals surface area contributed by atoms with Gasteiger partial charge in [0.25, 0.3) is 5.91 Å². The van der Waals surface area contributed by atoms with Crippen LogP contribution in [0.25, 0.3) is 0 Å². The molecule has 0 saturated carbocycles. The van der Waals surface area contributed by atoms with Gasteiger partial charge in [0.2, 0.25) is 10.0 Å². The summed E-state index contributed by atoms with van der Waals surface area (Å²) in [7, 11) is -3.71. The molecule has 0 fully saturated rings. The number of aromatic nitrogens is 1. The Labute approximate surface area is 133 Å². The highest BCUT2D eigenvalue weighted by Gasteiger charge is 2.25. The number of benzene rings is 1. The molecule has 2 N–H and O–H groups in total. The molecule has 1 atom stereocenters. The number of sulfonamides is 1. The van der Waals surface area contributed by atoms with Crippen LogP contribution < -0.4 is 14.8 Å². The van der Waals surface area contributed by atoms with Gasteiger partial charge in [0, 0.05) is 18.9 Å². The molecule has 0 unspecified atom stereocenters. The number of carbonyl (C=O) groups is 1. The van der Waals surface area contributed by atoms with Gasteiger partial charge in [-0.3, -0.25) is 9.78 Å². The largest absolute Gasteiger partial charge is 0.479 e. The second kappa shape index (κ2) is 5.98. The van der Waals surface area contributed by atoms with Crippen molar-refractivity contribution in [2.45, 2.75) is 24.5 Å². The minimum atomic E-state index is -3.71. The molecule has 1 aromatic carbocycles. The van der Waals surface area contributed by atoms with Crippen LogP contribution in [0.3, 0.4) is 0 Å². The Hall–Kier alpha value is -2.45. The fraction of sp³-hybridized carbons (Fsp3) is 0.200. The number of ether oxygens (including phenoxy) is 1. The average Bonchev–Trinajstić information content (AvgIpc) is 2.55. The predicted octanol–water partition coefficient (Wildman–Crippen LogP) is 1.28. The zero-order valence-corrected chi connectivity index (χ0v) is 13.1. The Bertz CT molecular complexity index is 837. The Kier molecular flexibility index (Phi) is 4.01. The summed E-state index contributed by atoms with van der Waals surface area (Å²) < 4.78 is 32.6. The smallest absolute Gasteiger partial charge is 0.265 e. The molecule has 0 radical (unpaired) electrons. The van der Waals surface area contributed by atoms with E-state index in [-0.39, 0.29) is 17.3 Å². The summed E-state index contributed by atoms with van der Waals surface area (Å²) in [5, 5.41) is 2.63. The standard InChI is InChI=1S/C15H15N3O4S/c1-10-15(19)18-13-7-12(4-5-14(13)22-10)23(20,21)17-9-11-3-2-6-16-8-11/h2-8,10,17H,9H2,1H3,(H,18,19)/t10-/m1/s1. The van der Waals surface area contributed by atoms with Crippen molar-refractivity contribution >= 4 is 21.6 Å². The average molecular weight is 333 g/mol. The van der Waals surface area contributed by atoms with Crippen LogP contribution in [-0.2, 0) is 21.4 Å². The molecular formula is C15H15N3O4S. The van der Waals surface area contributed by atoms with Crippen LogP contribution in [0.1, 0.15) is 12.5 Å². The van der Waals surface area contributed by atoms with E-state index >= 15 is 0 Å². The van der Waals surface area contributed by atoms with Crippen molar-refractivity contribution in [3.63, 3.8) is 0 Å². The van der Waals surface area contributed by atoms with Crippen molar-refractivity contribution in [2.24, 2.45) is 0 Å². The monoisotopic (exact) mass is 333 g/mol. The van der Waals surface area contributed by atoms with Crippen LogP contribution in [0, 0.1) is 0 Å². The van der Waals surface area contributed by atoms with Crippen LogP contribution in [0.15, 0.2) is 47.6 Å². The number of carbonyl (C=O) groups excluding carboxylic acids is 1. The van der Waals surface area contributed by atoms with Crippen LogP contribution >= 0.6 is 0 Å². The van der Waals surface area contributed by atoms with E-state index in [9.17, 15) is 13.2 Å². The van der Waals surface area contributed by atoms with Gasteiger partial charge in [-0.2, -0.15) is 0 Å². The molecule has 1 aliphatic heterocycles. The minimum Gasteiger partial charge on any atom is -0.479 e. The summed E-state index contributed by atoms with van der Waals surface area (Å²) in [5.74, 6) is 0.138. The Morgan fingerprint density at radius 3 is 2.91 bits per heavy atom. The van der Waals surface area contributed by atoms with Gasteiger partial charge in [0.15, 0.2) is 6.10 Å². The number of hydrogen-bond donors (Lipinski definition) is 2. The SMILES string of the molecule is C[C@H]1Oc2ccc(S(=O)(=O)NCc3cccnc3)cc2NC1=O.